The fraction of sp³-hybridized carbons (Fsp3) is 0.333. The number of nitrogens with two attached hydrogens (primary N) is 2. The summed E-state index contributed by atoms with van der Waals surface area (Å²) in [5, 5.41) is 5.88. The maximum atomic E-state index is 12.9. The zero-order valence-electron chi connectivity index (χ0n) is 15.5. The first-order valence-corrected chi connectivity index (χ1v) is 8.88. The molecule has 2 aromatic heterocycles. The van der Waals surface area contributed by atoms with Crippen LogP contribution in [0.4, 0.5) is 17.3 Å². The van der Waals surface area contributed by atoms with Gasteiger partial charge in [0.05, 0.1) is 18.2 Å². The Kier molecular flexibility index (Phi) is 5.90. The van der Waals surface area contributed by atoms with E-state index in [1.54, 1.807) is 36.0 Å². The molecule has 1 fully saturated rings. The quantitative estimate of drug-likeness (QED) is 0.527. The van der Waals surface area contributed by atoms with Crippen LogP contribution in [0, 0.1) is 0 Å². The summed E-state index contributed by atoms with van der Waals surface area (Å²) in [6.45, 7) is 1.23. The van der Waals surface area contributed by atoms with Gasteiger partial charge in [-0.05, 0) is 25.0 Å². The number of aromatic nitrogens is 3. The van der Waals surface area contributed by atoms with Crippen LogP contribution in [0.3, 0.4) is 0 Å². The molecule has 28 heavy (non-hydrogen) atoms. The topological polar surface area (TPSA) is 150 Å². The molecule has 10 heteroatoms. The molecule has 0 aromatic carbocycles. The summed E-state index contributed by atoms with van der Waals surface area (Å²) in [5.41, 5.74) is 10.9. The van der Waals surface area contributed by atoms with Crippen LogP contribution in [-0.4, -0.2) is 40.7 Å². The number of hydrogen-bond acceptors (Lipinski definition) is 8. The van der Waals surface area contributed by atoms with Gasteiger partial charge in [0.15, 0.2) is 5.82 Å². The number of carbonyl (C=O) groups is 1. The molecule has 148 valence electrons. The number of pyridine rings is 1. The number of nitrogens with zero attached hydrogens (tertiary/aromatic N) is 3. The second-order valence-corrected chi connectivity index (χ2v) is 6.29. The highest BCUT2D eigenvalue weighted by Gasteiger charge is 2.19. The van der Waals surface area contributed by atoms with Crippen LogP contribution < -0.4 is 27.7 Å². The van der Waals surface area contributed by atoms with E-state index >= 15 is 0 Å². The molecule has 3 rings (SSSR count). The molecular weight excluding hydrogens is 362 g/mol. The molecule has 1 aliphatic heterocycles. The largest absolute Gasteiger partial charge is 0.404 e. The number of nitrogens with one attached hydrogen (secondary N) is 2. The summed E-state index contributed by atoms with van der Waals surface area (Å²) in [7, 11) is 1.67. The van der Waals surface area contributed by atoms with Crippen LogP contribution in [0.15, 0.2) is 35.4 Å². The molecule has 3 heterocycles. The van der Waals surface area contributed by atoms with Crippen molar-refractivity contribution in [1.29, 1.82) is 0 Å². The lowest BCUT2D eigenvalue weighted by Crippen LogP contribution is -2.31. The monoisotopic (exact) mass is 385 g/mol. The normalized spacial score (nSPS) is 17.2. The fourth-order valence-corrected chi connectivity index (χ4v) is 3.00. The summed E-state index contributed by atoms with van der Waals surface area (Å²) < 4.78 is 7.15. The summed E-state index contributed by atoms with van der Waals surface area (Å²) >= 11 is 0. The van der Waals surface area contributed by atoms with Gasteiger partial charge in [0, 0.05) is 32.1 Å². The zero-order valence-corrected chi connectivity index (χ0v) is 15.5. The SMILES string of the molecule is CNc1cc(Nc2cccn(C3CCCOC3)c2=O)nc(/C(=C\N)C(N)=O)n1. The average Bonchev–Trinajstić information content (AvgIpc) is 2.70. The highest BCUT2D eigenvalue weighted by Crippen LogP contribution is 2.21. The van der Waals surface area contributed by atoms with Crippen LogP contribution in [-0.2, 0) is 9.53 Å². The Morgan fingerprint density at radius 2 is 2.18 bits per heavy atom. The molecule has 10 nitrogen and oxygen atoms in total. The van der Waals surface area contributed by atoms with Crippen molar-refractivity contribution in [3.05, 3.63) is 46.8 Å². The van der Waals surface area contributed by atoms with E-state index in [0.29, 0.717) is 23.9 Å². The number of hydrogen-bond donors (Lipinski definition) is 4. The standard InChI is InChI=1S/C18H23N7O3/c1-21-14-8-15(24-17(23-14)12(9-19)16(20)26)22-13-5-2-6-25(18(13)27)11-4-3-7-28-10-11/h2,5-6,8-9,11H,3-4,7,10,19H2,1H3,(H2,20,26)(H2,21,22,23,24)/b12-9-. The van der Waals surface area contributed by atoms with Crippen molar-refractivity contribution in [3.8, 4) is 0 Å². The summed E-state index contributed by atoms with van der Waals surface area (Å²) in [5.74, 6) is 0.0667. The number of amides is 1. The van der Waals surface area contributed by atoms with E-state index in [9.17, 15) is 9.59 Å². The third-order valence-electron chi connectivity index (χ3n) is 4.42. The van der Waals surface area contributed by atoms with Crippen LogP contribution >= 0.6 is 0 Å². The van der Waals surface area contributed by atoms with Crippen molar-refractivity contribution < 1.29 is 9.53 Å². The number of carbonyl (C=O) groups excluding carboxylic acids is 1. The Hall–Kier alpha value is -3.40. The molecule has 0 radical (unpaired) electrons. The van der Waals surface area contributed by atoms with Crippen LogP contribution in [0.2, 0.25) is 0 Å². The molecule has 0 saturated carbocycles. The minimum Gasteiger partial charge on any atom is -0.404 e. The minimum absolute atomic E-state index is 0.00142. The van der Waals surface area contributed by atoms with Crippen molar-refractivity contribution in [1.82, 2.24) is 14.5 Å². The first-order valence-electron chi connectivity index (χ1n) is 8.88. The van der Waals surface area contributed by atoms with Gasteiger partial charge < -0.3 is 31.4 Å². The lowest BCUT2D eigenvalue weighted by molar-refractivity contribution is -0.112. The first-order chi connectivity index (χ1) is 13.5. The molecule has 0 bridgehead atoms. The molecule has 1 atom stereocenters. The molecule has 6 N–H and O–H groups in total. The smallest absolute Gasteiger partial charge is 0.274 e. The predicted octanol–water partition coefficient (Wildman–Crippen LogP) is 0.560. The maximum Gasteiger partial charge on any atom is 0.274 e. The van der Waals surface area contributed by atoms with E-state index in [2.05, 4.69) is 20.6 Å². The molecule has 1 unspecified atom stereocenters. The Balaban J connectivity index is 1.95. The number of primary amides is 1. The van der Waals surface area contributed by atoms with Crippen LogP contribution in [0.1, 0.15) is 24.7 Å². The molecule has 0 spiro atoms. The first kappa shape index (κ1) is 19.4. The second kappa shape index (κ2) is 8.53. The Bertz CT molecular complexity index is 948. The lowest BCUT2D eigenvalue weighted by atomic mass is 10.1. The van der Waals surface area contributed by atoms with Gasteiger partial charge in [0.2, 0.25) is 0 Å². The third-order valence-corrected chi connectivity index (χ3v) is 4.42. The lowest BCUT2D eigenvalue weighted by Gasteiger charge is -2.24. The van der Waals surface area contributed by atoms with Gasteiger partial charge in [-0.25, -0.2) is 9.97 Å². The van der Waals surface area contributed by atoms with Crippen molar-refractivity contribution >= 4 is 28.8 Å². The number of ether oxygens (including phenoxy) is 1. The Labute approximate surface area is 161 Å². The van der Waals surface area contributed by atoms with Gasteiger partial charge in [-0.15, -0.1) is 0 Å². The summed E-state index contributed by atoms with van der Waals surface area (Å²) in [6, 6.07) is 5.06. The molecule has 1 saturated heterocycles. The number of anilines is 3. The van der Waals surface area contributed by atoms with Crippen molar-refractivity contribution in [3.63, 3.8) is 0 Å². The van der Waals surface area contributed by atoms with Gasteiger partial charge in [0.1, 0.15) is 17.3 Å². The van der Waals surface area contributed by atoms with E-state index < -0.39 is 5.91 Å². The average molecular weight is 385 g/mol. The van der Waals surface area contributed by atoms with E-state index in [0.717, 1.165) is 25.6 Å². The van der Waals surface area contributed by atoms with Gasteiger partial charge in [-0.1, -0.05) is 0 Å². The highest BCUT2D eigenvalue weighted by molar-refractivity contribution is 6.17. The van der Waals surface area contributed by atoms with Crippen molar-refractivity contribution in [2.45, 2.75) is 18.9 Å². The number of rotatable bonds is 6. The van der Waals surface area contributed by atoms with Crippen LogP contribution in [0.5, 0.6) is 0 Å². The third kappa shape index (κ3) is 4.12. The Morgan fingerprint density at radius 1 is 1.39 bits per heavy atom. The summed E-state index contributed by atoms with van der Waals surface area (Å²) in [6.07, 6.45) is 4.60. The molecule has 1 aliphatic rings. The van der Waals surface area contributed by atoms with E-state index in [1.165, 1.54) is 0 Å². The minimum atomic E-state index is -0.749. The van der Waals surface area contributed by atoms with Gasteiger partial charge in [0.25, 0.3) is 11.5 Å². The predicted molar refractivity (Wildman–Crippen MR) is 106 cm³/mol. The summed E-state index contributed by atoms with van der Waals surface area (Å²) in [4.78, 5) is 32.9. The molecular formula is C18H23N7O3. The van der Waals surface area contributed by atoms with Crippen LogP contribution in [0.25, 0.3) is 5.57 Å². The van der Waals surface area contributed by atoms with Crippen molar-refractivity contribution in [2.75, 3.05) is 30.9 Å². The molecule has 0 aliphatic carbocycles. The van der Waals surface area contributed by atoms with Gasteiger partial charge in [-0.2, -0.15) is 0 Å². The second-order valence-electron chi connectivity index (χ2n) is 6.29. The van der Waals surface area contributed by atoms with Crippen molar-refractivity contribution in [2.24, 2.45) is 11.5 Å². The maximum absolute atomic E-state index is 12.9. The fourth-order valence-electron chi connectivity index (χ4n) is 3.00. The van der Waals surface area contributed by atoms with E-state index in [-0.39, 0.29) is 23.0 Å². The molecule has 2 aromatic rings. The van der Waals surface area contributed by atoms with Gasteiger partial charge >= 0.3 is 0 Å². The Morgan fingerprint density at radius 3 is 2.82 bits per heavy atom. The molecule has 1 amide bonds. The zero-order chi connectivity index (χ0) is 20.1. The highest BCUT2D eigenvalue weighted by atomic mass is 16.5. The van der Waals surface area contributed by atoms with Gasteiger partial charge in [-0.3, -0.25) is 9.59 Å². The van der Waals surface area contributed by atoms with E-state index in [1.807, 2.05) is 0 Å². The van der Waals surface area contributed by atoms with E-state index in [4.69, 9.17) is 16.2 Å².